The zero-order valence-corrected chi connectivity index (χ0v) is 16.8. The molecule has 0 bridgehead atoms. The second-order valence-electron chi connectivity index (χ2n) is 6.17. The molecule has 0 aliphatic heterocycles. The Labute approximate surface area is 166 Å². The van der Waals surface area contributed by atoms with Crippen molar-refractivity contribution in [3.63, 3.8) is 0 Å². The van der Waals surface area contributed by atoms with Crippen LogP contribution < -0.4 is 15.4 Å². The second-order valence-corrected chi connectivity index (χ2v) is 7.67. The molecule has 2 aromatic heterocycles. The molecule has 2 N–H and O–H groups in total. The van der Waals surface area contributed by atoms with Crippen molar-refractivity contribution in [1.29, 1.82) is 0 Å². The van der Waals surface area contributed by atoms with E-state index in [2.05, 4.69) is 32.0 Å². The number of ether oxygens (including phenoxy) is 1. The maximum Gasteiger partial charge on any atom is 0.319 e. The minimum Gasteiger partial charge on any atom is -0.487 e. The van der Waals surface area contributed by atoms with E-state index in [-0.39, 0.29) is 12.1 Å². The third-order valence-electron chi connectivity index (χ3n) is 3.97. The largest absolute Gasteiger partial charge is 0.487 e. The van der Waals surface area contributed by atoms with E-state index >= 15 is 0 Å². The molecule has 2 amide bonds. The van der Waals surface area contributed by atoms with E-state index in [4.69, 9.17) is 4.74 Å². The number of rotatable bonds is 8. The van der Waals surface area contributed by atoms with Crippen molar-refractivity contribution in [2.75, 3.05) is 26.0 Å². The van der Waals surface area contributed by atoms with Crippen LogP contribution in [0, 0.1) is 0 Å². The molecule has 0 radical (unpaired) electrons. The molecule has 3 aromatic rings. The normalized spacial score (nSPS) is 12.0. The molecule has 0 saturated carbocycles. The third-order valence-corrected chi connectivity index (χ3v) is 5.31. The average molecular weight is 403 g/mol. The molecule has 1 atom stereocenters. The molecule has 8 heteroatoms. The number of thiophene rings is 1. The fourth-order valence-corrected chi connectivity index (χ4v) is 3.81. The van der Waals surface area contributed by atoms with Gasteiger partial charge < -0.3 is 20.3 Å². The van der Waals surface area contributed by atoms with Gasteiger partial charge in [-0.1, -0.05) is 6.07 Å². The molecular weight excluding hydrogens is 380 g/mol. The lowest BCUT2D eigenvalue weighted by Gasteiger charge is -2.24. The molecule has 27 heavy (non-hydrogen) atoms. The summed E-state index contributed by atoms with van der Waals surface area (Å²) in [5.74, 6) is 0.685. The summed E-state index contributed by atoms with van der Waals surface area (Å²) in [6.07, 6.45) is 0. The van der Waals surface area contributed by atoms with E-state index in [1.807, 2.05) is 43.1 Å². The van der Waals surface area contributed by atoms with Crippen LogP contribution in [0.15, 0.2) is 52.0 Å². The van der Waals surface area contributed by atoms with Crippen LogP contribution in [0.25, 0.3) is 0 Å². The van der Waals surface area contributed by atoms with Crippen molar-refractivity contribution in [3.05, 3.63) is 63.2 Å². The van der Waals surface area contributed by atoms with E-state index in [1.54, 1.807) is 22.9 Å². The summed E-state index contributed by atoms with van der Waals surface area (Å²) in [6.45, 7) is 0.930. The number of urea groups is 1. The van der Waals surface area contributed by atoms with E-state index in [0.717, 1.165) is 5.69 Å². The SMILES string of the molecule is CN(C)C(CNC(=O)Nc1cccc(OCc2cscn2)c1)c1ccsc1. The summed E-state index contributed by atoms with van der Waals surface area (Å²) in [4.78, 5) is 18.6. The minimum atomic E-state index is -0.242. The molecule has 2 heterocycles. The molecule has 0 saturated heterocycles. The zero-order chi connectivity index (χ0) is 19.1. The van der Waals surface area contributed by atoms with Gasteiger partial charge in [-0.05, 0) is 48.6 Å². The lowest BCUT2D eigenvalue weighted by atomic mass is 10.1. The summed E-state index contributed by atoms with van der Waals surface area (Å²) < 4.78 is 5.72. The van der Waals surface area contributed by atoms with Crippen LogP contribution in [-0.4, -0.2) is 36.6 Å². The first-order valence-corrected chi connectivity index (χ1v) is 10.3. The molecule has 142 valence electrons. The monoisotopic (exact) mass is 402 g/mol. The number of amides is 2. The summed E-state index contributed by atoms with van der Waals surface area (Å²) in [5.41, 5.74) is 4.54. The highest BCUT2D eigenvalue weighted by atomic mass is 32.1. The number of hydrogen-bond donors (Lipinski definition) is 2. The van der Waals surface area contributed by atoms with Crippen molar-refractivity contribution in [3.8, 4) is 5.75 Å². The molecule has 6 nitrogen and oxygen atoms in total. The number of carbonyl (C=O) groups is 1. The fourth-order valence-electron chi connectivity index (χ4n) is 2.56. The van der Waals surface area contributed by atoms with Gasteiger partial charge in [0.05, 0.1) is 17.2 Å². The van der Waals surface area contributed by atoms with Gasteiger partial charge in [-0.3, -0.25) is 0 Å². The van der Waals surface area contributed by atoms with Gasteiger partial charge in [0.25, 0.3) is 0 Å². The van der Waals surface area contributed by atoms with Crippen LogP contribution in [0.5, 0.6) is 5.75 Å². The van der Waals surface area contributed by atoms with E-state index in [1.165, 1.54) is 16.9 Å². The highest BCUT2D eigenvalue weighted by Gasteiger charge is 2.15. The number of likely N-dealkylation sites (N-methyl/N-ethyl adjacent to an activating group) is 1. The van der Waals surface area contributed by atoms with Crippen molar-refractivity contribution in [2.24, 2.45) is 0 Å². The molecule has 3 rings (SSSR count). The topological polar surface area (TPSA) is 66.5 Å². The van der Waals surface area contributed by atoms with Crippen LogP contribution in [0.1, 0.15) is 17.3 Å². The molecule has 0 spiro atoms. The Morgan fingerprint density at radius 2 is 2.15 bits per heavy atom. The summed E-state index contributed by atoms with van der Waals surface area (Å²) in [7, 11) is 4.01. The lowest BCUT2D eigenvalue weighted by molar-refractivity contribution is 0.243. The third kappa shape index (κ3) is 5.78. The van der Waals surface area contributed by atoms with Gasteiger partial charge in [-0.2, -0.15) is 11.3 Å². The number of benzene rings is 1. The van der Waals surface area contributed by atoms with Crippen LogP contribution in [0.2, 0.25) is 0 Å². The highest BCUT2D eigenvalue weighted by Crippen LogP contribution is 2.21. The highest BCUT2D eigenvalue weighted by molar-refractivity contribution is 7.08. The van der Waals surface area contributed by atoms with Crippen LogP contribution in [0.4, 0.5) is 10.5 Å². The Morgan fingerprint density at radius 1 is 1.26 bits per heavy atom. The second kappa shape index (κ2) is 9.50. The minimum absolute atomic E-state index is 0.134. The van der Waals surface area contributed by atoms with Crippen LogP contribution in [0.3, 0.4) is 0 Å². The average Bonchev–Trinajstić information content (AvgIpc) is 3.34. The quantitative estimate of drug-likeness (QED) is 0.592. The molecule has 0 fully saturated rings. The Kier molecular flexibility index (Phi) is 6.80. The predicted molar refractivity (Wildman–Crippen MR) is 111 cm³/mol. The van der Waals surface area contributed by atoms with Crippen LogP contribution >= 0.6 is 22.7 Å². The van der Waals surface area contributed by atoms with Gasteiger partial charge in [0.2, 0.25) is 0 Å². The molecule has 0 aliphatic carbocycles. The van der Waals surface area contributed by atoms with Gasteiger partial charge in [0.1, 0.15) is 12.4 Å². The summed E-state index contributed by atoms with van der Waals surface area (Å²) >= 11 is 3.19. The smallest absolute Gasteiger partial charge is 0.319 e. The zero-order valence-electron chi connectivity index (χ0n) is 15.2. The van der Waals surface area contributed by atoms with Crippen LogP contribution in [-0.2, 0) is 6.61 Å². The number of hydrogen-bond acceptors (Lipinski definition) is 6. The van der Waals surface area contributed by atoms with E-state index in [9.17, 15) is 4.79 Å². The summed E-state index contributed by atoms with van der Waals surface area (Å²) in [6, 6.07) is 9.31. The van der Waals surface area contributed by atoms with Crippen molar-refractivity contribution in [2.45, 2.75) is 12.6 Å². The number of carbonyl (C=O) groups excluding carboxylic acids is 1. The van der Waals surface area contributed by atoms with Crippen molar-refractivity contribution >= 4 is 34.4 Å². The first-order valence-electron chi connectivity index (χ1n) is 8.45. The number of nitrogens with zero attached hydrogens (tertiary/aromatic N) is 2. The van der Waals surface area contributed by atoms with Crippen molar-refractivity contribution < 1.29 is 9.53 Å². The number of anilines is 1. The number of aromatic nitrogens is 1. The maximum atomic E-state index is 12.3. The molecule has 1 aromatic carbocycles. The first-order chi connectivity index (χ1) is 13.1. The molecular formula is C19H22N4O2S2. The predicted octanol–water partition coefficient (Wildman–Crippen LogP) is 4.21. The van der Waals surface area contributed by atoms with Gasteiger partial charge in [-0.15, -0.1) is 11.3 Å². The van der Waals surface area contributed by atoms with Crippen molar-refractivity contribution in [1.82, 2.24) is 15.2 Å². The standard InChI is InChI=1S/C19H22N4O2S2/c1-23(2)18(14-6-7-26-11-14)9-20-19(24)22-15-4-3-5-17(8-15)25-10-16-12-27-13-21-16/h3-8,11-13,18H,9-10H2,1-2H3,(H2,20,22,24). The molecule has 1 unspecified atom stereocenters. The van der Waals surface area contributed by atoms with Gasteiger partial charge in [0.15, 0.2) is 0 Å². The van der Waals surface area contributed by atoms with Gasteiger partial charge >= 0.3 is 6.03 Å². The Morgan fingerprint density at radius 3 is 2.85 bits per heavy atom. The maximum absolute atomic E-state index is 12.3. The Bertz CT molecular complexity index is 835. The van der Waals surface area contributed by atoms with Gasteiger partial charge in [0, 0.05) is 23.7 Å². The van der Waals surface area contributed by atoms with E-state index < -0.39 is 0 Å². The Hall–Kier alpha value is -2.42. The number of nitrogens with one attached hydrogen (secondary N) is 2. The molecule has 0 aliphatic rings. The Balaban J connectivity index is 1.52. The number of thiazole rings is 1. The fraction of sp³-hybridized carbons (Fsp3) is 0.263. The lowest BCUT2D eigenvalue weighted by Crippen LogP contribution is -2.36. The van der Waals surface area contributed by atoms with E-state index in [0.29, 0.717) is 24.6 Å². The van der Waals surface area contributed by atoms with Gasteiger partial charge in [-0.25, -0.2) is 9.78 Å². The summed E-state index contributed by atoms with van der Waals surface area (Å²) in [5, 5.41) is 11.9. The first kappa shape index (κ1) is 19.3.